The van der Waals surface area contributed by atoms with Crippen molar-refractivity contribution in [3.05, 3.63) is 182 Å². The molecule has 25 heteroatoms. The van der Waals surface area contributed by atoms with E-state index in [0.717, 1.165) is 108 Å². The third-order valence-corrected chi connectivity index (χ3v) is 36.1. The summed E-state index contributed by atoms with van der Waals surface area (Å²) < 4.78 is 98.8. The molecule has 141 heavy (non-hydrogen) atoms. The number of alkyl halides is 4. The maximum Gasteiger partial charge on any atom is 0.347 e. The van der Waals surface area contributed by atoms with E-state index in [0.29, 0.717) is 94.5 Å². The summed E-state index contributed by atoms with van der Waals surface area (Å²) in [6.45, 7) is 25.9. The molecule has 2 N–H and O–H groups in total. The van der Waals surface area contributed by atoms with Gasteiger partial charge < -0.3 is 52.8 Å². The smallest absolute Gasteiger partial charge is 0.347 e. The molecule has 1 aliphatic heterocycles. The number of benzene rings is 6. The zero-order valence-corrected chi connectivity index (χ0v) is 87.9. The molecule has 13 saturated carbocycles. The van der Waals surface area contributed by atoms with Crippen molar-refractivity contribution in [2.75, 3.05) is 26.6 Å². The molecule has 12 bridgehead atoms. The summed E-state index contributed by atoms with van der Waals surface area (Å²) >= 11 is 0. The number of aliphatic hydroxyl groups is 2. The Morgan fingerprint density at radius 2 is 0.695 bits per heavy atom. The molecule has 1 saturated heterocycles. The number of hydrogen-bond donors (Lipinski definition) is 2. The lowest BCUT2D eigenvalue weighted by Crippen LogP contribution is -2.61. The van der Waals surface area contributed by atoms with E-state index in [-0.39, 0.29) is 82.1 Å². The van der Waals surface area contributed by atoms with Gasteiger partial charge in [0.05, 0.1) is 85.6 Å². The Balaban J connectivity index is 0.000000158. The van der Waals surface area contributed by atoms with Crippen LogP contribution in [-0.2, 0) is 103 Å². The number of halogens is 4. The van der Waals surface area contributed by atoms with Crippen molar-refractivity contribution in [2.45, 2.75) is 385 Å². The minimum absolute atomic E-state index is 0.0146. The topological polar surface area (TPSA) is 260 Å². The van der Waals surface area contributed by atoms with Crippen molar-refractivity contribution in [1.29, 1.82) is 0 Å². The number of esters is 8. The first-order chi connectivity index (χ1) is 66.5. The molecule has 0 amide bonds. The van der Waals surface area contributed by atoms with Gasteiger partial charge in [-0.2, -0.15) is 0 Å². The molecule has 0 spiro atoms. The van der Waals surface area contributed by atoms with E-state index in [2.05, 4.69) is 205 Å². The highest BCUT2D eigenvalue weighted by Crippen LogP contribution is 2.63. The average Bonchev–Trinajstić information content (AvgIpc) is 0.937. The molecule has 1 heterocycles. The summed E-state index contributed by atoms with van der Waals surface area (Å²) in [6.07, 6.45) is 24.5. The lowest BCUT2D eigenvalue weighted by atomic mass is 9.50. The second kappa shape index (κ2) is 48.6. The summed E-state index contributed by atoms with van der Waals surface area (Å²) in [6, 6.07) is 64.3. The van der Waals surface area contributed by atoms with Crippen LogP contribution in [0.2, 0.25) is 0 Å². The van der Waals surface area contributed by atoms with Crippen LogP contribution >= 0.6 is 0 Å². The van der Waals surface area contributed by atoms with Crippen molar-refractivity contribution < 1.29 is 109 Å². The van der Waals surface area contributed by atoms with E-state index in [1.165, 1.54) is 74.3 Å². The second-order valence-electron chi connectivity index (χ2n) is 45.1. The highest BCUT2D eigenvalue weighted by atomic mass is 32.2. The summed E-state index contributed by atoms with van der Waals surface area (Å²) in [4.78, 5) is 104. The molecule has 6 aromatic rings. The first-order valence-electron chi connectivity index (χ1n) is 51.7. The first kappa shape index (κ1) is 113. The second-order valence-corrected chi connectivity index (χ2v) is 49.1. The number of carbonyl (C=O) groups excluding carboxylic acids is 8. The molecule has 7 atom stereocenters. The van der Waals surface area contributed by atoms with Gasteiger partial charge in [0, 0.05) is 33.1 Å². The van der Waals surface area contributed by atoms with Crippen LogP contribution in [0.4, 0.5) is 17.6 Å². The summed E-state index contributed by atoms with van der Waals surface area (Å²) in [7, 11) is -0.0293. The highest BCUT2D eigenvalue weighted by Gasteiger charge is 2.63. The van der Waals surface area contributed by atoms with Crippen LogP contribution in [0.1, 0.15) is 303 Å². The average molecular weight is 2000 g/mol. The van der Waals surface area contributed by atoms with Crippen molar-refractivity contribution in [3.8, 4) is 0 Å². The van der Waals surface area contributed by atoms with Crippen LogP contribution in [0, 0.1) is 74.4 Å². The van der Waals surface area contributed by atoms with Gasteiger partial charge in [-0.05, 0) is 324 Å². The van der Waals surface area contributed by atoms with Crippen molar-refractivity contribution in [3.63, 3.8) is 0 Å². The van der Waals surface area contributed by atoms with E-state index >= 15 is 0 Å². The normalized spacial score (nSPS) is 27.3. The minimum atomic E-state index is -3.10. The number of carbonyl (C=O) groups is 8. The predicted octanol–water partition coefficient (Wildman–Crippen LogP) is 25.5. The van der Waals surface area contributed by atoms with Gasteiger partial charge >= 0.3 is 47.8 Å². The predicted molar refractivity (Wildman–Crippen MR) is 537 cm³/mol. The zero-order valence-electron chi connectivity index (χ0n) is 86.3. The van der Waals surface area contributed by atoms with E-state index in [4.69, 9.17) is 33.2 Å². The Bertz CT molecular complexity index is 4670. The summed E-state index contributed by atoms with van der Waals surface area (Å²) in [5.41, 5.74) is -6.01. The van der Waals surface area contributed by atoms with Gasteiger partial charge in [-0.25, -0.2) is 22.4 Å². The summed E-state index contributed by atoms with van der Waals surface area (Å²) in [5, 5.41) is 21.4. The first-order valence-corrected chi connectivity index (χ1v) is 54.1. The van der Waals surface area contributed by atoms with Crippen LogP contribution in [0.25, 0.3) is 0 Å². The van der Waals surface area contributed by atoms with Crippen LogP contribution < -0.4 is 0 Å². The van der Waals surface area contributed by atoms with Crippen LogP contribution in [0.3, 0.4) is 0 Å². The Morgan fingerprint density at radius 3 is 1.00 bits per heavy atom. The van der Waals surface area contributed by atoms with Gasteiger partial charge in [0.25, 0.3) is 11.8 Å². The molecule has 14 fully saturated rings. The van der Waals surface area contributed by atoms with Crippen LogP contribution in [-0.4, -0.2) is 137 Å². The zero-order chi connectivity index (χ0) is 103. The third kappa shape index (κ3) is 31.2. The quantitative estimate of drug-likeness (QED) is 0.0135. The van der Waals surface area contributed by atoms with Crippen LogP contribution in [0.5, 0.6) is 0 Å². The monoisotopic (exact) mass is 2000 g/mol. The SMILES string of the molecule is CCC(C)(C)C(=O)OC1(C)C2CC3CC(C2)CC1C3.CCC(C)(C)C(=O)OC12CC3CC(CC(O)(C3)C1)C2.CCC(C)(C)C(=O)OC1CCOC1=O.CCC(C)(CC(=O)OCC(C)(F)F)C(=O)OC12CC3CC(CC(O)(C3)C1)C2.CCC(C)(CC(=O)OCC(C)(F)F)C(=O)OCOC1CCCCC1.c1ccc([S+](c2ccccc2)c2ccccc2)cc1.c1ccc([S+](c2ccccc2)c2ccccc2)cc1. The molecular formula is C116H158F4O19S2+2. The highest BCUT2D eigenvalue weighted by molar-refractivity contribution is 7.97. The van der Waals surface area contributed by atoms with E-state index in [1.807, 2.05) is 41.5 Å². The fourth-order valence-electron chi connectivity index (χ4n) is 22.7. The lowest BCUT2D eigenvalue weighted by Gasteiger charge is -2.59. The van der Waals surface area contributed by atoms with Gasteiger partial charge in [0.15, 0.2) is 49.4 Å². The number of hydrogen-bond acceptors (Lipinski definition) is 19. The lowest BCUT2D eigenvalue weighted by molar-refractivity contribution is -0.227. The van der Waals surface area contributed by atoms with E-state index < -0.39 is 99.5 Å². The molecule has 0 aromatic heterocycles. The van der Waals surface area contributed by atoms with Gasteiger partial charge in [0.2, 0.25) is 6.10 Å². The van der Waals surface area contributed by atoms with Gasteiger partial charge in [0.1, 0.15) is 16.8 Å². The fourth-order valence-corrected chi connectivity index (χ4v) is 26.9. The molecule has 0 radical (unpaired) electrons. The Kier molecular flexibility index (Phi) is 38.8. The molecule has 14 aliphatic rings. The Hall–Kier alpha value is -8.62. The minimum Gasteiger partial charge on any atom is -0.463 e. The summed E-state index contributed by atoms with van der Waals surface area (Å²) in [5.74, 6) is -4.82. The molecule has 19 nitrogen and oxygen atoms in total. The third-order valence-electron chi connectivity index (χ3n) is 31.6. The van der Waals surface area contributed by atoms with Crippen molar-refractivity contribution >= 4 is 69.5 Å². The van der Waals surface area contributed by atoms with Crippen molar-refractivity contribution in [1.82, 2.24) is 0 Å². The number of cyclic esters (lactones) is 1. The number of rotatable bonds is 31. The van der Waals surface area contributed by atoms with E-state index in [9.17, 15) is 66.1 Å². The fraction of sp³-hybridized carbons (Fsp3) is 0.621. The standard InChI is InChI=1S/C20H30F2O5.2C18H15S.C17H28F2O5.C17H28O2.C16H26O3.C10H16O4/c1-4-17(2,10-15(23)26-12-18(3,21)22)16(24)27-20-8-13-5-14(9-20)7-19(25,6-13)11-20;2*1-4-10-16(11-5-1)19(17-12-6-2-7-13-17)18-14-8-3-9-15-18;1-4-16(2,10-14(20)22-11-17(3,18)19)15(21)24-12-23-13-8-6-5-7-9-13;1-5-16(2,3)15(18)19-17(4)13-7-11-6-12(9-13)10-14(17)8-11;1-4-14(2,3)13(17)19-16-8-11-5-12(9-16)7-15(18,6-11)10-16;1-4-10(2,3)9(12)14-7-5-6-13-8(7)11/h13-14,25H,4-12H2,1-3H3;2*1-15H;13H,4-12H2,1-3H3;11-14H,5-10H2,1-4H3;11-12,18H,4-10H2,1-3H3;7H,4-6H2,1-3H3/q;2*+1;;;;. The molecule has 13 aliphatic carbocycles. The maximum atomic E-state index is 13.0. The molecule has 774 valence electrons. The van der Waals surface area contributed by atoms with Crippen molar-refractivity contribution in [2.24, 2.45) is 74.4 Å². The molecule has 7 unspecified atom stereocenters. The van der Waals surface area contributed by atoms with Gasteiger partial charge in [-0.15, -0.1) is 0 Å². The van der Waals surface area contributed by atoms with Gasteiger partial charge in [-0.1, -0.05) is 163 Å². The van der Waals surface area contributed by atoms with Crippen LogP contribution in [0.15, 0.2) is 211 Å². The largest absolute Gasteiger partial charge is 0.463 e. The van der Waals surface area contributed by atoms with Gasteiger partial charge in [-0.3, -0.25) is 33.6 Å². The number of ether oxygens (including phenoxy) is 9. The molecular weight excluding hydrogens is 1840 g/mol. The Morgan fingerprint density at radius 1 is 0.383 bits per heavy atom. The van der Waals surface area contributed by atoms with E-state index in [1.54, 1.807) is 41.5 Å². The molecule has 6 aromatic carbocycles. The molecule has 20 rings (SSSR count). The maximum absolute atomic E-state index is 13.0. The Labute approximate surface area is 841 Å².